The molecule has 0 unspecified atom stereocenters. The summed E-state index contributed by atoms with van der Waals surface area (Å²) in [6.07, 6.45) is 3.74. The number of nitrogens with one attached hydrogen (secondary N) is 1. The van der Waals surface area contributed by atoms with Gasteiger partial charge in [0.25, 0.3) is 0 Å². The van der Waals surface area contributed by atoms with E-state index in [1.54, 1.807) is 6.07 Å². The molecule has 5 heteroatoms. The number of allylic oxidation sites excluding steroid dienone is 1. The molecule has 0 aliphatic carbocycles. The third kappa shape index (κ3) is 7.63. The number of alkyl carbamates (subject to hydrolysis) is 1. The van der Waals surface area contributed by atoms with Crippen LogP contribution in [0, 0.1) is 19.7 Å². The molecule has 2 aromatic rings. The molecule has 0 saturated carbocycles. The molecule has 32 heavy (non-hydrogen) atoms. The van der Waals surface area contributed by atoms with Gasteiger partial charge in [-0.05, 0) is 100 Å². The Labute approximate surface area is 191 Å². The summed E-state index contributed by atoms with van der Waals surface area (Å²) >= 11 is 0. The number of aryl methyl sites for hydroxylation is 2. The van der Waals surface area contributed by atoms with E-state index in [0.717, 1.165) is 52.1 Å². The Morgan fingerprint density at radius 1 is 1.12 bits per heavy atom. The van der Waals surface area contributed by atoms with E-state index in [-0.39, 0.29) is 5.82 Å². The van der Waals surface area contributed by atoms with Gasteiger partial charge < -0.3 is 10.1 Å². The molecule has 0 saturated heterocycles. The lowest BCUT2D eigenvalue weighted by Gasteiger charge is -2.19. The number of halogens is 1. The van der Waals surface area contributed by atoms with Crippen molar-refractivity contribution in [3.8, 4) is 0 Å². The number of hydrogen-bond donors (Lipinski definition) is 1. The van der Waals surface area contributed by atoms with Crippen molar-refractivity contribution in [2.75, 3.05) is 6.54 Å². The van der Waals surface area contributed by atoms with Crippen LogP contribution in [0.4, 0.5) is 14.9 Å². The molecule has 0 aliphatic heterocycles. The average Bonchev–Trinajstić information content (AvgIpc) is 2.68. The van der Waals surface area contributed by atoms with Gasteiger partial charge in [0.2, 0.25) is 0 Å². The van der Waals surface area contributed by atoms with Gasteiger partial charge in [-0.25, -0.2) is 9.18 Å². The summed E-state index contributed by atoms with van der Waals surface area (Å²) < 4.78 is 18.9. The lowest BCUT2D eigenvalue weighted by molar-refractivity contribution is 0.0536. The topological polar surface area (TPSA) is 50.7 Å². The number of carbonyl (C=O) groups excluding carboxylic acids is 1. The van der Waals surface area contributed by atoms with Crippen LogP contribution in [0.15, 0.2) is 47.5 Å². The maximum Gasteiger partial charge on any atom is 0.407 e. The van der Waals surface area contributed by atoms with Gasteiger partial charge in [-0.15, -0.1) is 0 Å². The fourth-order valence-corrected chi connectivity index (χ4v) is 3.31. The van der Waals surface area contributed by atoms with Gasteiger partial charge >= 0.3 is 6.09 Å². The minimum absolute atomic E-state index is 0.225. The summed E-state index contributed by atoms with van der Waals surface area (Å²) in [5, 5.41) is 2.73. The molecule has 4 nitrogen and oxygen atoms in total. The number of nitrogens with zero attached hydrogens (tertiary/aromatic N) is 1. The highest BCUT2D eigenvalue weighted by molar-refractivity contribution is 5.89. The molecule has 2 aromatic carbocycles. The second-order valence-electron chi connectivity index (χ2n) is 9.07. The normalized spacial score (nSPS) is 12.6. The molecule has 0 atom stereocenters. The van der Waals surface area contributed by atoms with Crippen molar-refractivity contribution < 1.29 is 13.9 Å². The van der Waals surface area contributed by atoms with E-state index in [0.29, 0.717) is 6.54 Å². The lowest BCUT2D eigenvalue weighted by Crippen LogP contribution is -2.34. The van der Waals surface area contributed by atoms with E-state index in [9.17, 15) is 9.18 Å². The van der Waals surface area contributed by atoms with Crippen molar-refractivity contribution >= 4 is 23.1 Å². The number of benzene rings is 2. The minimum atomic E-state index is -0.534. The van der Waals surface area contributed by atoms with Crippen LogP contribution in [-0.4, -0.2) is 24.0 Å². The summed E-state index contributed by atoms with van der Waals surface area (Å²) in [7, 11) is 0. The maximum atomic E-state index is 13.6. The van der Waals surface area contributed by atoms with E-state index in [2.05, 4.69) is 29.4 Å². The van der Waals surface area contributed by atoms with Crippen LogP contribution in [-0.2, 0) is 4.74 Å². The van der Waals surface area contributed by atoms with Gasteiger partial charge in [0.1, 0.15) is 11.4 Å². The van der Waals surface area contributed by atoms with Crippen LogP contribution in [0.25, 0.3) is 5.57 Å². The van der Waals surface area contributed by atoms with Crippen LogP contribution in [0.3, 0.4) is 0 Å². The Kier molecular flexibility index (Phi) is 8.76. The summed E-state index contributed by atoms with van der Waals surface area (Å²) in [5.74, 6) is -0.225. The van der Waals surface area contributed by atoms with Gasteiger partial charge in [-0.3, -0.25) is 4.99 Å². The molecule has 0 fully saturated rings. The van der Waals surface area contributed by atoms with Crippen molar-refractivity contribution in [3.05, 3.63) is 70.5 Å². The molecule has 1 amide bonds. The standard InChI is InChI=1S/C27H35FN2O2/c1-8-9-10-24(23-13-12-22(28)16-18(23)2)21-11-14-25(19(3)15-21)30-20(4)17-29-26(31)32-27(5,6)7/h10-16H,8-9,17H2,1-7H3,(H,29,31)/b24-10-,30-20?. The zero-order chi connectivity index (χ0) is 23.9. The van der Waals surface area contributed by atoms with E-state index >= 15 is 0 Å². The smallest absolute Gasteiger partial charge is 0.407 e. The molecule has 2 rings (SSSR count). The van der Waals surface area contributed by atoms with Crippen molar-refractivity contribution in [1.82, 2.24) is 5.32 Å². The maximum absolute atomic E-state index is 13.6. The second kappa shape index (κ2) is 11.1. The van der Waals surface area contributed by atoms with Crippen molar-refractivity contribution in [1.29, 1.82) is 0 Å². The molecule has 172 valence electrons. The van der Waals surface area contributed by atoms with Crippen LogP contribution in [0.5, 0.6) is 0 Å². The van der Waals surface area contributed by atoms with Crippen molar-refractivity contribution in [2.24, 2.45) is 4.99 Å². The summed E-state index contributed by atoms with van der Waals surface area (Å²) in [5.41, 5.74) is 6.25. The highest BCUT2D eigenvalue weighted by Gasteiger charge is 2.16. The molecule has 1 N–H and O–H groups in total. The highest BCUT2D eigenvalue weighted by Crippen LogP contribution is 2.31. The zero-order valence-corrected chi connectivity index (χ0v) is 20.3. The van der Waals surface area contributed by atoms with Crippen LogP contribution in [0.2, 0.25) is 0 Å². The Hall–Kier alpha value is -2.95. The first-order valence-corrected chi connectivity index (χ1v) is 11.1. The van der Waals surface area contributed by atoms with Crippen LogP contribution >= 0.6 is 0 Å². The average molecular weight is 439 g/mol. The Morgan fingerprint density at radius 3 is 2.44 bits per heavy atom. The first kappa shape index (κ1) is 25.3. The molecule has 0 aromatic heterocycles. The minimum Gasteiger partial charge on any atom is -0.444 e. The number of unbranched alkanes of at least 4 members (excludes halogenated alkanes) is 1. The van der Waals surface area contributed by atoms with E-state index in [4.69, 9.17) is 4.74 Å². The first-order valence-electron chi connectivity index (χ1n) is 11.1. The second-order valence-corrected chi connectivity index (χ2v) is 9.07. The molecular weight excluding hydrogens is 403 g/mol. The molecule has 0 bridgehead atoms. The molecule has 0 radical (unpaired) electrons. The van der Waals surface area contributed by atoms with Crippen LogP contribution in [0.1, 0.15) is 69.7 Å². The van der Waals surface area contributed by atoms with Crippen molar-refractivity contribution in [2.45, 2.75) is 66.9 Å². The summed E-state index contributed by atoms with van der Waals surface area (Å²) in [6, 6.07) is 11.1. The van der Waals surface area contributed by atoms with Gasteiger partial charge in [0.15, 0.2) is 0 Å². The largest absolute Gasteiger partial charge is 0.444 e. The number of hydrogen-bond acceptors (Lipinski definition) is 3. The molecule has 0 spiro atoms. The number of carbonyl (C=O) groups is 1. The third-order valence-electron chi connectivity index (χ3n) is 4.82. The van der Waals surface area contributed by atoms with Crippen LogP contribution < -0.4 is 5.32 Å². The quantitative estimate of drug-likeness (QED) is 0.461. The zero-order valence-electron chi connectivity index (χ0n) is 20.3. The van der Waals surface area contributed by atoms with Gasteiger partial charge in [-0.1, -0.05) is 31.6 Å². The van der Waals surface area contributed by atoms with E-state index in [1.807, 2.05) is 59.7 Å². The molecule has 0 heterocycles. The van der Waals surface area contributed by atoms with E-state index in [1.165, 1.54) is 6.07 Å². The fraction of sp³-hybridized carbons (Fsp3) is 0.407. The Balaban J connectivity index is 2.25. The Bertz CT molecular complexity index is 1020. The number of amides is 1. The van der Waals surface area contributed by atoms with Gasteiger partial charge in [0, 0.05) is 5.71 Å². The van der Waals surface area contributed by atoms with Gasteiger partial charge in [-0.2, -0.15) is 0 Å². The fourth-order valence-electron chi connectivity index (χ4n) is 3.31. The molecule has 0 aliphatic rings. The van der Waals surface area contributed by atoms with Gasteiger partial charge in [0.05, 0.1) is 12.2 Å². The SMILES string of the molecule is CCC/C=C(/c1ccc(N=C(C)CNC(=O)OC(C)(C)C)c(C)c1)c1ccc(F)cc1C. The lowest BCUT2D eigenvalue weighted by atomic mass is 9.92. The predicted molar refractivity (Wildman–Crippen MR) is 131 cm³/mol. The van der Waals surface area contributed by atoms with E-state index < -0.39 is 11.7 Å². The third-order valence-corrected chi connectivity index (χ3v) is 4.82. The van der Waals surface area contributed by atoms with Crippen molar-refractivity contribution in [3.63, 3.8) is 0 Å². The number of rotatable bonds is 7. The predicted octanol–water partition coefficient (Wildman–Crippen LogP) is 7.29. The monoisotopic (exact) mass is 438 g/mol. The summed E-state index contributed by atoms with van der Waals surface area (Å²) in [6.45, 7) is 13.8. The number of aliphatic imine (C=N–C) groups is 1. The highest BCUT2D eigenvalue weighted by atomic mass is 19.1. The summed E-state index contributed by atoms with van der Waals surface area (Å²) in [4.78, 5) is 16.5. The first-order chi connectivity index (χ1) is 15.0. The Morgan fingerprint density at radius 2 is 1.84 bits per heavy atom. The number of ether oxygens (including phenoxy) is 1. The molecular formula is C27H35FN2O2.